The van der Waals surface area contributed by atoms with Crippen LogP contribution >= 0.6 is 0 Å². The Morgan fingerprint density at radius 3 is 2.38 bits per heavy atom. The van der Waals surface area contributed by atoms with Crippen molar-refractivity contribution in [3.63, 3.8) is 0 Å². The third-order valence-electron chi connectivity index (χ3n) is 2.88. The molecular weight excluding hydrogens is 98.1 g/mol. The highest BCUT2D eigenvalue weighted by Crippen LogP contribution is 2.53. The third kappa shape index (κ3) is 0.455. The van der Waals surface area contributed by atoms with Crippen LogP contribution in [0, 0.1) is 5.41 Å². The van der Waals surface area contributed by atoms with E-state index in [2.05, 4.69) is 12.2 Å². The third-order valence-corrected chi connectivity index (χ3v) is 2.88. The minimum atomic E-state index is 0.792. The zero-order valence-corrected chi connectivity index (χ0v) is 5.41. The summed E-state index contributed by atoms with van der Waals surface area (Å²) in [5, 5.41) is 3.47. The second-order valence-corrected chi connectivity index (χ2v) is 3.29. The highest BCUT2D eigenvalue weighted by molar-refractivity contribution is 5.04. The summed E-state index contributed by atoms with van der Waals surface area (Å²) in [6.07, 6.45) is 4.41. The monoisotopic (exact) mass is 111 g/mol. The van der Waals surface area contributed by atoms with Gasteiger partial charge >= 0.3 is 0 Å². The molecule has 1 aliphatic heterocycles. The molecule has 0 unspecified atom stereocenters. The maximum Gasteiger partial charge on any atom is 0.00956 e. The Bertz CT molecular complexity index is 105. The molecule has 46 valence electrons. The van der Waals surface area contributed by atoms with Crippen molar-refractivity contribution in [1.29, 1.82) is 0 Å². The van der Waals surface area contributed by atoms with Crippen LogP contribution in [0.1, 0.15) is 26.2 Å². The highest BCUT2D eigenvalue weighted by Gasteiger charge is 2.49. The van der Waals surface area contributed by atoms with Crippen LogP contribution in [-0.4, -0.2) is 12.6 Å². The van der Waals surface area contributed by atoms with Gasteiger partial charge in [0.1, 0.15) is 0 Å². The van der Waals surface area contributed by atoms with E-state index in [4.69, 9.17) is 0 Å². The summed E-state index contributed by atoms with van der Waals surface area (Å²) in [7, 11) is 0. The average molecular weight is 111 g/mol. The maximum atomic E-state index is 3.47. The van der Waals surface area contributed by atoms with E-state index in [9.17, 15) is 0 Å². The van der Waals surface area contributed by atoms with Crippen molar-refractivity contribution in [1.82, 2.24) is 5.32 Å². The lowest BCUT2D eigenvalue weighted by Gasteiger charge is -2.10. The van der Waals surface area contributed by atoms with Gasteiger partial charge in [0.15, 0.2) is 0 Å². The van der Waals surface area contributed by atoms with E-state index in [-0.39, 0.29) is 0 Å². The van der Waals surface area contributed by atoms with Crippen molar-refractivity contribution in [2.45, 2.75) is 32.2 Å². The fourth-order valence-corrected chi connectivity index (χ4v) is 1.81. The van der Waals surface area contributed by atoms with Crippen LogP contribution in [0.3, 0.4) is 0 Å². The molecule has 0 aromatic carbocycles. The molecule has 0 aromatic heterocycles. The summed E-state index contributed by atoms with van der Waals surface area (Å²) >= 11 is 0. The molecular formula is C7H13N. The van der Waals surface area contributed by atoms with Gasteiger partial charge in [0.05, 0.1) is 0 Å². The minimum Gasteiger partial charge on any atom is -0.314 e. The number of hydrogen-bond acceptors (Lipinski definition) is 1. The van der Waals surface area contributed by atoms with Gasteiger partial charge in [-0.1, -0.05) is 0 Å². The van der Waals surface area contributed by atoms with E-state index >= 15 is 0 Å². The zero-order chi connectivity index (χ0) is 5.61. The molecule has 1 nitrogen and oxygen atoms in total. The lowest BCUT2D eigenvalue weighted by molar-refractivity contribution is 0.458. The Hall–Kier alpha value is -0.0400. The van der Waals surface area contributed by atoms with E-state index in [1.54, 1.807) is 0 Å². The maximum absolute atomic E-state index is 3.47. The van der Waals surface area contributed by atoms with Crippen LogP contribution in [0.5, 0.6) is 0 Å². The first-order valence-electron chi connectivity index (χ1n) is 3.57. The molecule has 1 heterocycles. The molecule has 2 rings (SSSR count). The van der Waals surface area contributed by atoms with Gasteiger partial charge in [-0.3, -0.25) is 0 Å². The Labute approximate surface area is 50.5 Å². The molecule has 2 fully saturated rings. The molecule has 1 saturated carbocycles. The summed E-state index contributed by atoms with van der Waals surface area (Å²) in [6, 6.07) is 0.822. The average Bonchev–Trinajstić information content (AvgIpc) is 2.39. The Morgan fingerprint density at radius 1 is 1.38 bits per heavy atom. The Kier molecular flexibility index (Phi) is 0.762. The molecule has 8 heavy (non-hydrogen) atoms. The summed E-state index contributed by atoms with van der Waals surface area (Å²) in [6.45, 7) is 3.58. The minimum absolute atomic E-state index is 0.792. The van der Waals surface area contributed by atoms with Crippen molar-refractivity contribution >= 4 is 0 Å². The molecule has 1 N–H and O–H groups in total. The normalized spacial score (nSPS) is 40.9. The first-order valence-corrected chi connectivity index (χ1v) is 3.57. The lowest BCUT2D eigenvalue weighted by Crippen LogP contribution is -2.23. The summed E-state index contributed by atoms with van der Waals surface area (Å²) in [4.78, 5) is 0. The molecule has 1 saturated heterocycles. The van der Waals surface area contributed by atoms with Gasteiger partial charge < -0.3 is 5.32 Å². The Balaban J connectivity index is 2.12. The van der Waals surface area contributed by atoms with Crippen molar-refractivity contribution in [2.75, 3.05) is 6.54 Å². The van der Waals surface area contributed by atoms with Gasteiger partial charge in [0.2, 0.25) is 0 Å². The molecule has 1 atom stereocenters. The summed E-state index contributed by atoms with van der Waals surface area (Å²) < 4.78 is 0. The van der Waals surface area contributed by atoms with Gasteiger partial charge in [-0.05, 0) is 38.1 Å². The predicted octanol–water partition coefficient (Wildman–Crippen LogP) is 1.15. The van der Waals surface area contributed by atoms with Gasteiger partial charge in [-0.15, -0.1) is 0 Å². The number of nitrogens with one attached hydrogen (secondary N) is 1. The van der Waals surface area contributed by atoms with Crippen LogP contribution in [0.2, 0.25) is 0 Å². The van der Waals surface area contributed by atoms with Gasteiger partial charge in [0.25, 0.3) is 0 Å². The SMILES string of the molecule is C[C@H]1NCCC12CC2. The van der Waals surface area contributed by atoms with Crippen molar-refractivity contribution in [2.24, 2.45) is 5.41 Å². The first-order chi connectivity index (χ1) is 3.83. The molecule has 1 aliphatic carbocycles. The van der Waals surface area contributed by atoms with Gasteiger partial charge in [0, 0.05) is 6.04 Å². The van der Waals surface area contributed by atoms with E-state index in [0.29, 0.717) is 0 Å². The predicted molar refractivity (Wildman–Crippen MR) is 33.7 cm³/mol. The van der Waals surface area contributed by atoms with Crippen LogP contribution in [0.25, 0.3) is 0 Å². The van der Waals surface area contributed by atoms with Gasteiger partial charge in [-0.2, -0.15) is 0 Å². The second kappa shape index (κ2) is 1.27. The number of hydrogen-bond donors (Lipinski definition) is 1. The second-order valence-electron chi connectivity index (χ2n) is 3.29. The molecule has 0 radical (unpaired) electrons. The van der Waals surface area contributed by atoms with E-state index in [1.807, 2.05) is 0 Å². The molecule has 0 aromatic rings. The topological polar surface area (TPSA) is 12.0 Å². The van der Waals surface area contributed by atoms with Crippen LogP contribution in [-0.2, 0) is 0 Å². The summed E-state index contributed by atoms with van der Waals surface area (Å²) in [5.74, 6) is 0. The smallest absolute Gasteiger partial charge is 0.00956 e. The van der Waals surface area contributed by atoms with Crippen molar-refractivity contribution in [3.05, 3.63) is 0 Å². The van der Waals surface area contributed by atoms with Crippen LogP contribution in [0.4, 0.5) is 0 Å². The van der Waals surface area contributed by atoms with Crippen molar-refractivity contribution in [3.8, 4) is 0 Å². The molecule has 1 spiro atoms. The first kappa shape index (κ1) is 4.80. The Morgan fingerprint density at radius 2 is 2.12 bits per heavy atom. The van der Waals surface area contributed by atoms with E-state index < -0.39 is 0 Å². The molecule has 0 amide bonds. The molecule has 1 heteroatoms. The lowest BCUT2D eigenvalue weighted by atomic mass is 9.99. The fourth-order valence-electron chi connectivity index (χ4n) is 1.81. The van der Waals surface area contributed by atoms with Crippen LogP contribution < -0.4 is 5.32 Å². The molecule has 0 bridgehead atoms. The van der Waals surface area contributed by atoms with E-state index in [1.165, 1.54) is 25.8 Å². The largest absolute Gasteiger partial charge is 0.314 e. The van der Waals surface area contributed by atoms with Gasteiger partial charge in [-0.25, -0.2) is 0 Å². The zero-order valence-electron chi connectivity index (χ0n) is 5.41. The van der Waals surface area contributed by atoms with E-state index in [0.717, 1.165) is 11.5 Å². The number of rotatable bonds is 0. The quantitative estimate of drug-likeness (QED) is 0.494. The summed E-state index contributed by atoms with van der Waals surface area (Å²) in [5.41, 5.74) is 0.792. The molecule has 2 aliphatic rings. The highest BCUT2D eigenvalue weighted by atomic mass is 15.0. The van der Waals surface area contributed by atoms with Crippen molar-refractivity contribution < 1.29 is 0 Å². The fraction of sp³-hybridized carbons (Fsp3) is 1.00. The standard InChI is InChI=1S/C7H13N/c1-6-7(2-3-7)4-5-8-6/h6,8H,2-5H2,1H3/t6-/m1/s1. The van der Waals surface area contributed by atoms with Crippen LogP contribution in [0.15, 0.2) is 0 Å².